The van der Waals surface area contributed by atoms with Gasteiger partial charge < -0.3 is 10.6 Å². The third-order valence-corrected chi connectivity index (χ3v) is 4.30. The largest absolute Gasteiger partial charge is 0.393 e. The Morgan fingerprint density at radius 2 is 1.83 bits per heavy atom. The molecule has 2 rings (SSSR count). The van der Waals surface area contributed by atoms with Crippen LogP contribution in [-0.4, -0.2) is 28.4 Å². The zero-order chi connectivity index (χ0) is 13.0. The minimum absolute atomic E-state index is 0.334. The van der Waals surface area contributed by atoms with E-state index in [0.717, 1.165) is 25.8 Å². The molecule has 102 valence electrons. The standard InChI is InChI=1S/C14H24N2OS/c15-13(18)8-9-16(12-6-7-12)14(17)10-11-4-2-1-3-5-11/h11-12H,1-10H2,(H2,15,18). The number of hydrogen-bond acceptors (Lipinski definition) is 2. The molecular formula is C14H24N2OS. The predicted molar refractivity (Wildman–Crippen MR) is 77.3 cm³/mol. The van der Waals surface area contributed by atoms with Crippen LogP contribution in [-0.2, 0) is 4.79 Å². The summed E-state index contributed by atoms with van der Waals surface area (Å²) in [6.07, 6.45) is 10.2. The van der Waals surface area contributed by atoms with Crippen LogP contribution in [0.4, 0.5) is 0 Å². The summed E-state index contributed by atoms with van der Waals surface area (Å²) in [5, 5.41) is 0. The van der Waals surface area contributed by atoms with Crippen LogP contribution < -0.4 is 5.73 Å². The highest BCUT2D eigenvalue weighted by Gasteiger charge is 2.33. The molecule has 2 aliphatic rings. The maximum absolute atomic E-state index is 12.3. The minimum Gasteiger partial charge on any atom is -0.393 e. The fourth-order valence-electron chi connectivity index (χ4n) is 2.88. The van der Waals surface area contributed by atoms with Crippen LogP contribution >= 0.6 is 12.2 Å². The number of nitrogens with two attached hydrogens (primary N) is 1. The molecule has 0 aromatic heterocycles. The maximum atomic E-state index is 12.3. The van der Waals surface area contributed by atoms with Crippen LogP contribution in [0.15, 0.2) is 0 Å². The highest BCUT2D eigenvalue weighted by Crippen LogP contribution is 2.31. The lowest BCUT2D eigenvalue weighted by atomic mass is 9.86. The molecule has 2 aliphatic carbocycles. The van der Waals surface area contributed by atoms with Crippen molar-refractivity contribution >= 4 is 23.1 Å². The maximum Gasteiger partial charge on any atom is 0.223 e. The Balaban J connectivity index is 1.81. The number of carbonyl (C=O) groups is 1. The highest BCUT2D eigenvalue weighted by molar-refractivity contribution is 7.80. The molecule has 2 fully saturated rings. The SMILES string of the molecule is NC(=S)CCN(C(=O)CC1CCCCC1)C1CC1. The Morgan fingerprint density at radius 1 is 1.17 bits per heavy atom. The lowest BCUT2D eigenvalue weighted by Crippen LogP contribution is -2.36. The van der Waals surface area contributed by atoms with Crippen molar-refractivity contribution in [3.05, 3.63) is 0 Å². The Morgan fingerprint density at radius 3 is 2.39 bits per heavy atom. The van der Waals surface area contributed by atoms with Crippen molar-refractivity contribution in [3.63, 3.8) is 0 Å². The van der Waals surface area contributed by atoms with Crippen LogP contribution in [0.2, 0.25) is 0 Å². The van der Waals surface area contributed by atoms with E-state index in [4.69, 9.17) is 18.0 Å². The first-order valence-corrected chi connectivity index (χ1v) is 7.65. The number of nitrogens with zero attached hydrogens (tertiary/aromatic N) is 1. The molecule has 0 bridgehead atoms. The Hall–Kier alpha value is -0.640. The Kier molecular flexibility index (Phi) is 4.98. The van der Waals surface area contributed by atoms with Gasteiger partial charge in [-0.1, -0.05) is 31.5 Å². The van der Waals surface area contributed by atoms with Gasteiger partial charge in [-0.2, -0.15) is 0 Å². The predicted octanol–water partition coefficient (Wildman–Crippen LogP) is 2.62. The number of amides is 1. The van der Waals surface area contributed by atoms with Crippen molar-refractivity contribution in [2.24, 2.45) is 11.7 Å². The van der Waals surface area contributed by atoms with Crippen molar-refractivity contribution in [2.75, 3.05) is 6.54 Å². The van der Waals surface area contributed by atoms with Gasteiger partial charge >= 0.3 is 0 Å². The monoisotopic (exact) mass is 268 g/mol. The second-order valence-corrected chi connectivity index (χ2v) is 6.27. The number of rotatable bonds is 6. The van der Waals surface area contributed by atoms with Crippen LogP contribution in [0.25, 0.3) is 0 Å². The van der Waals surface area contributed by atoms with Crippen LogP contribution in [0, 0.1) is 5.92 Å². The van der Waals surface area contributed by atoms with E-state index in [1.807, 2.05) is 4.90 Å². The lowest BCUT2D eigenvalue weighted by molar-refractivity contribution is -0.132. The summed E-state index contributed by atoms with van der Waals surface area (Å²) in [4.78, 5) is 14.9. The summed E-state index contributed by atoms with van der Waals surface area (Å²) in [5.74, 6) is 0.956. The van der Waals surface area contributed by atoms with E-state index in [1.54, 1.807) is 0 Å². The van der Waals surface area contributed by atoms with Crippen molar-refractivity contribution in [2.45, 2.75) is 63.8 Å². The first kappa shape index (κ1) is 13.8. The van der Waals surface area contributed by atoms with Crippen LogP contribution in [0.1, 0.15) is 57.8 Å². The van der Waals surface area contributed by atoms with Gasteiger partial charge in [0.25, 0.3) is 0 Å². The van der Waals surface area contributed by atoms with Crippen LogP contribution in [0.3, 0.4) is 0 Å². The van der Waals surface area contributed by atoms with Crippen molar-refractivity contribution in [1.82, 2.24) is 4.90 Å². The number of carbonyl (C=O) groups excluding carboxylic acids is 1. The second-order valence-electron chi connectivity index (χ2n) is 5.74. The third-order valence-electron chi connectivity index (χ3n) is 4.10. The van der Waals surface area contributed by atoms with E-state index >= 15 is 0 Å². The molecule has 18 heavy (non-hydrogen) atoms. The van der Waals surface area contributed by atoms with E-state index in [0.29, 0.717) is 29.3 Å². The van der Waals surface area contributed by atoms with Gasteiger partial charge in [-0.05, 0) is 31.6 Å². The van der Waals surface area contributed by atoms with Crippen molar-refractivity contribution in [1.29, 1.82) is 0 Å². The molecule has 3 nitrogen and oxygen atoms in total. The molecular weight excluding hydrogens is 244 g/mol. The smallest absolute Gasteiger partial charge is 0.223 e. The average Bonchev–Trinajstić information content (AvgIpc) is 3.14. The normalized spacial score (nSPS) is 20.7. The first-order valence-electron chi connectivity index (χ1n) is 7.24. The van der Waals surface area contributed by atoms with Crippen LogP contribution in [0.5, 0.6) is 0 Å². The molecule has 4 heteroatoms. The molecule has 0 aromatic rings. The molecule has 0 aliphatic heterocycles. The molecule has 0 saturated heterocycles. The summed E-state index contributed by atoms with van der Waals surface area (Å²) in [5.41, 5.74) is 5.54. The number of hydrogen-bond donors (Lipinski definition) is 1. The zero-order valence-corrected chi connectivity index (χ0v) is 11.9. The van der Waals surface area contributed by atoms with Crippen molar-refractivity contribution < 1.29 is 4.79 Å². The number of thiocarbonyl (C=S) groups is 1. The minimum atomic E-state index is 0.334. The average molecular weight is 268 g/mol. The van der Waals surface area contributed by atoms with Gasteiger partial charge in [0.05, 0.1) is 4.99 Å². The Labute approximate surface area is 115 Å². The fourth-order valence-corrected chi connectivity index (χ4v) is 2.97. The Bertz CT molecular complexity index is 309. The molecule has 0 atom stereocenters. The molecule has 0 spiro atoms. The quantitative estimate of drug-likeness (QED) is 0.753. The summed E-state index contributed by atoms with van der Waals surface area (Å²) >= 11 is 4.91. The van der Waals surface area contributed by atoms with Gasteiger partial charge in [0, 0.05) is 25.4 Å². The van der Waals surface area contributed by atoms with E-state index in [2.05, 4.69) is 0 Å². The van der Waals surface area contributed by atoms with E-state index < -0.39 is 0 Å². The molecule has 1 amide bonds. The van der Waals surface area contributed by atoms with Gasteiger partial charge in [0.15, 0.2) is 0 Å². The van der Waals surface area contributed by atoms with Gasteiger partial charge in [-0.15, -0.1) is 0 Å². The van der Waals surface area contributed by atoms with Crippen molar-refractivity contribution in [3.8, 4) is 0 Å². The topological polar surface area (TPSA) is 46.3 Å². The molecule has 2 saturated carbocycles. The van der Waals surface area contributed by atoms with E-state index in [1.165, 1.54) is 32.1 Å². The van der Waals surface area contributed by atoms with Gasteiger partial charge in [0.2, 0.25) is 5.91 Å². The highest BCUT2D eigenvalue weighted by atomic mass is 32.1. The molecule has 0 heterocycles. The molecule has 0 unspecified atom stereocenters. The van der Waals surface area contributed by atoms with Gasteiger partial charge in [-0.25, -0.2) is 0 Å². The molecule has 2 N–H and O–H groups in total. The molecule has 0 aromatic carbocycles. The van der Waals surface area contributed by atoms with Gasteiger partial charge in [0.1, 0.15) is 0 Å². The molecule has 0 radical (unpaired) electrons. The first-order chi connectivity index (χ1) is 8.66. The van der Waals surface area contributed by atoms with Gasteiger partial charge in [-0.3, -0.25) is 4.79 Å². The summed E-state index contributed by atoms with van der Waals surface area (Å²) < 4.78 is 0. The zero-order valence-electron chi connectivity index (χ0n) is 11.1. The third kappa shape index (κ3) is 4.23. The van der Waals surface area contributed by atoms with E-state index in [-0.39, 0.29) is 0 Å². The fraction of sp³-hybridized carbons (Fsp3) is 0.857. The lowest BCUT2D eigenvalue weighted by Gasteiger charge is -2.27. The van der Waals surface area contributed by atoms with E-state index in [9.17, 15) is 4.79 Å². The second kappa shape index (κ2) is 6.50. The summed E-state index contributed by atoms with van der Waals surface area (Å²) in [6.45, 7) is 0.728. The summed E-state index contributed by atoms with van der Waals surface area (Å²) in [6, 6.07) is 0.482. The summed E-state index contributed by atoms with van der Waals surface area (Å²) in [7, 11) is 0.